The number of pyridine rings is 1. The van der Waals surface area contributed by atoms with Crippen molar-refractivity contribution in [1.29, 1.82) is 0 Å². The van der Waals surface area contributed by atoms with Crippen molar-refractivity contribution in [3.8, 4) is 0 Å². The van der Waals surface area contributed by atoms with Crippen LogP contribution >= 0.6 is 11.3 Å². The summed E-state index contributed by atoms with van der Waals surface area (Å²) in [6.45, 7) is 6.72. The Morgan fingerprint density at radius 3 is 2.71 bits per heavy atom. The Bertz CT molecular complexity index is 694. The van der Waals surface area contributed by atoms with Gasteiger partial charge < -0.3 is 5.32 Å². The predicted octanol–water partition coefficient (Wildman–Crippen LogP) is 2.75. The van der Waals surface area contributed by atoms with Crippen LogP contribution in [0.25, 0.3) is 0 Å². The Morgan fingerprint density at radius 1 is 1.33 bits per heavy atom. The average Bonchev–Trinajstić information content (AvgIpc) is 2.79. The lowest BCUT2D eigenvalue weighted by atomic mass is 10.3. The van der Waals surface area contributed by atoms with E-state index in [1.54, 1.807) is 30.5 Å². The Hall–Kier alpha value is -1.44. The first-order valence-electron chi connectivity index (χ1n) is 6.65. The summed E-state index contributed by atoms with van der Waals surface area (Å²) in [5, 5.41) is 3.30. The van der Waals surface area contributed by atoms with Crippen molar-refractivity contribution >= 4 is 27.2 Å². The maximum Gasteiger partial charge on any atom is 0.272 e. The highest BCUT2D eigenvalue weighted by Crippen LogP contribution is 2.27. The second-order valence-corrected chi connectivity index (χ2v) is 8.07. The van der Waals surface area contributed by atoms with Crippen LogP contribution < -0.4 is 10.0 Å². The fourth-order valence-electron chi connectivity index (χ4n) is 1.70. The monoisotopic (exact) mass is 325 g/mol. The van der Waals surface area contributed by atoms with Crippen LogP contribution in [0.4, 0.5) is 5.82 Å². The van der Waals surface area contributed by atoms with Crippen LogP contribution in [0.3, 0.4) is 0 Å². The molecule has 0 aromatic carbocycles. The van der Waals surface area contributed by atoms with Crippen LogP contribution in [0.15, 0.2) is 34.7 Å². The van der Waals surface area contributed by atoms with Gasteiger partial charge >= 0.3 is 0 Å². The normalized spacial score (nSPS) is 11.8. The van der Waals surface area contributed by atoms with Crippen LogP contribution in [-0.2, 0) is 16.6 Å². The van der Waals surface area contributed by atoms with Crippen molar-refractivity contribution in [1.82, 2.24) is 10.3 Å². The van der Waals surface area contributed by atoms with E-state index in [-0.39, 0.29) is 0 Å². The molecule has 0 bridgehead atoms. The maximum atomic E-state index is 12.3. The second kappa shape index (κ2) is 6.55. The second-order valence-electron chi connectivity index (χ2n) is 5.03. The molecular formula is C14H19N3O2S2. The van der Waals surface area contributed by atoms with Crippen LogP contribution in [0.1, 0.15) is 24.3 Å². The minimum atomic E-state index is -3.58. The highest BCUT2D eigenvalue weighted by atomic mass is 32.2. The van der Waals surface area contributed by atoms with Gasteiger partial charge in [0.15, 0.2) is 0 Å². The lowest BCUT2D eigenvalue weighted by Gasteiger charge is -2.06. The van der Waals surface area contributed by atoms with Crippen molar-refractivity contribution in [2.75, 3.05) is 4.72 Å². The topological polar surface area (TPSA) is 71.1 Å². The molecule has 21 heavy (non-hydrogen) atoms. The summed E-state index contributed by atoms with van der Waals surface area (Å²) in [7, 11) is -3.58. The van der Waals surface area contributed by atoms with E-state index in [1.807, 2.05) is 6.92 Å². The number of hydrogen-bond acceptors (Lipinski definition) is 5. The van der Waals surface area contributed by atoms with Gasteiger partial charge in [0, 0.05) is 23.7 Å². The molecule has 2 aromatic rings. The van der Waals surface area contributed by atoms with Crippen molar-refractivity contribution in [3.63, 3.8) is 0 Å². The van der Waals surface area contributed by atoms with Gasteiger partial charge in [-0.25, -0.2) is 13.4 Å². The summed E-state index contributed by atoms with van der Waals surface area (Å²) in [5.74, 6) is 0.324. The van der Waals surface area contributed by atoms with Crippen LogP contribution in [0.5, 0.6) is 0 Å². The number of hydrogen-bond donors (Lipinski definition) is 2. The number of aromatic nitrogens is 1. The molecule has 0 saturated heterocycles. The fraction of sp³-hybridized carbons (Fsp3) is 0.357. The number of anilines is 1. The number of aryl methyl sites for hydroxylation is 1. The molecule has 0 aliphatic heterocycles. The summed E-state index contributed by atoms with van der Waals surface area (Å²) in [5.41, 5.74) is 0.981. The molecule has 7 heteroatoms. The molecule has 2 heterocycles. The molecule has 0 fully saturated rings. The Balaban J connectivity index is 2.19. The standard InChI is InChI=1S/C14H19N3O2S2/c1-10(2)16-9-12-11(3)8-14(20-12)21(18,19)17-13-6-4-5-7-15-13/h4-8,10,16H,9H2,1-3H3,(H,15,17). The first kappa shape index (κ1) is 15.9. The van der Waals surface area contributed by atoms with Crippen molar-refractivity contribution in [2.24, 2.45) is 0 Å². The van der Waals surface area contributed by atoms with E-state index in [2.05, 4.69) is 28.9 Å². The van der Waals surface area contributed by atoms with Gasteiger partial charge in [0.25, 0.3) is 10.0 Å². The molecule has 0 aliphatic rings. The van der Waals surface area contributed by atoms with Gasteiger partial charge in [0.1, 0.15) is 10.0 Å². The molecule has 2 N–H and O–H groups in total. The molecule has 0 atom stereocenters. The molecule has 0 unspecified atom stereocenters. The summed E-state index contributed by atoms with van der Waals surface area (Å²) in [4.78, 5) is 5.01. The number of rotatable bonds is 6. The highest BCUT2D eigenvalue weighted by molar-refractivity contribution is 7.94. The van der Waals surface area contributed by atoms with E-state index in [1.165, 1.54) is 11.3 Å². The quantitative estimate of drug-likeness (QED) is 0.857. The Labute approximate surface area is 129 Å². The van der Waals surface area contributed by atoms with Gasteiger partial charge in [0.05, 0.1) is 0 Å². The third kappa shape index (κ3) is 4.26. The molecule has 0 saturated carbocycles. The lowest BCUT2D eigenvalue weighted by Crippen LogP contribution is -2.21. The average molecular weight is 325 g/mol. The zero-order chi connectivity index (χ0) is 15.5. The third-order valence-corrected chi connectivity index (χ3v) is 5.90. The fourth-order valence-corrected chi connectivity index (χ4v) is 4.25. The van der Waals surface area contributed by atoms with E-state index >= 15 is 0 Å². The number of thiophene rings is 1. The van der Waals surface area contributed by atoms with Gasteiger partial charge in [-0.2, -0.15) is 0 Å². The van der Waals surface area contributed by atoms with E-state index in [0.717, 1.165) is 10.4 Å². The SMILES string of the molecule is Cc1cc(S(=O)(=O)Nc2ccccn2)sc1CNC(C)C. The summed E-state index contributed by atoms with van der Waals surface area (Å²) < 4.78 is 27.5. The molecule has 0 amide bonds. The number of nitrogens with one attached hydrogen (secondary N) is 2. The molecule has 5 nitrogen and oxygen atoms in total. The predicted molar refractivity (Wildman–Crippen MR) is 86.1 cm³/mol. The van der Waals surface area contributed by atoms with Crippen LogP contribution in [0.2, 0.25) is 0 Å². The molecule has 2 aromatic heterocycles. The van der Waals surface area contributed by atoms with E-state index < -0.39 is 10.0 Å². The maximum absolute atomic E-state index is 12.3. The molecule has 2 rings (SSSR count). The Kier molecular flexibility index (Phi) is 4.97. The zero-order valence-electron chi connectivity index (χ0n) is 12.3. The minimum absolute atomic E-state index is 0.311. The van der Waals surface area contributed by atoms with Crippen LogP contribution in [-0.4, -0.2) is 19.4 Å². The summed E-state index contributed by atoms with van der Waals surface area (Å²) >= 11 is 1.29. The molecule has 0 radical (unpaired) electrons. The smallest absolute Gasteiger partial charge is 0.272 e. The van der Waals surface area contributed by atoms with Crippen LogP contribution in [0, 0.1) is 6.92 Å². The molecular weight excluding hydrogens is 306 g/mol. The summed E-state index contributed by atoms with van der Waals surface area (Å²) in [6, 6.07) is 7.16. The largest absolute Gasteiger partial charge is 0.310 e. The Morgan fingerprint density at radius 2 is 2.10 bits per heavy atom. The van der Waals surface area contributed by atoms with E-state index in [4.69, 9.17) is 0 Å². The van der Waals surface area contributed by atoms with Crippen molar-refractivity contribution in [2.45, 2.75) is 37.6 Å². The van der Waals surface area contributed by atoms with Gasteiger partial charge in [-0.1, -0.05) is 19.9 Å². The number of nitrogens with zero attached hydrogens (tertiary/aromatic N) is 1. The molecule has 0 aliphatic carbocycles. The van der Waals surface area contributed by atoms with Gasteiger partial charge in [0.2, 0.25) is 0 Å². The van der Waals surface area contributed by atoms with Gasteiger partial charge in [-0.05, 0) is 30.7 Å². The number of sulfonamides is 1. The van der Waals surface area contributed by atoms with E-state index in [9.17, 15) is 8.42 Å². The minimum Gasteiger partial charge on any atom is -0.310 e. The van der Waals surface area contributed by atoms with E-state index in [0.29, 0.717) is 22.6 Å². The zero-order valence-corrected chi connectivity index (χ0v) is 13.9. The van der Waals surface area contributed by atoms with Gasteiger partial charge in [-0.15, -0.1) is 11.3 Å². The highest BCUT2D eigenvalue weighted by Gasteiger charge is 2.19. The van der Waals surface area contributed by atoms with Gasteiger partial charge in [-0.3, -0.25) is 4.72 Å². The molecule has 0 spiro atoms. The lowest BCUT2D eigenvalue weighted by molar-refractivity contribution is 0.592. The van der Waals surface area contributed by atoms with Crippen molar-refractivity contribution < 1.29 is 8.42 Å². The third-order valence-electron chi connectivity index (χ3n) is 2.84. The van der Waals surface area contributed by atoms with Crippen molar-refractivity contribution in [3.05, 3.63) is 40.9 Å². The first-order chi connectivity index (χ1) is 9.88. The summed E-state index contributed by atoms with van der Waals surface area (Å²) in [6.07, 6.45) is 1.55. The molecule has 114 valence electrons. The first-order valence-corrected chi connectivity index (χ1v) is 8.95.